The lowest BCUT2D eigenvalue weighted by molar-refractivity contribution is 0.137. The molecule has 0 unspecified atom stereocenters. The van der Waals surface area contributed by atoms with Gasteiger partial charge in [-0.15, -0.1) is 0 Å². The Balaban J connectivity index is 3.13. The van der Waals surface area contributed by atoms with E-state index in [-0.39, 0.29) is 0 Å². The Kier molecular flexibility index (Phi) is 6.18. The fourth-order valence-electron chi connectivity index (χ4n) is 0.608. The summed E-state index contributed by atoms with van der Waals surface area (Å²) >= 11 is 0. The molecule has 0 aliphatic carbocycles. The van der Waals surface area contributed by atoms with Crippen LogP contribution in [0.1, 0.15) is 6.92 Å². The standard InChI is InChI=1S/C7H16N2O/c1-4-10-6-5-9(3)7-8-2/h7H,4-6H2,1-3H3/b8-7+. The number of rotatable bonds is 5. The van der Waals surface area contributed by atoms with Gasteiger partial charge >= 0.3 is 0 Å². The second kappa shape index (κ2) is 6.55. The molecule has 0 amide bonds. The van der Waals surface area contributed by atoms with Crippen LogP contribution in [-0.4, -0.2) is 45.1 Å². The van der Waals surface area contributed by atoms with Crippen LogP contribution < -0.4 is 0 Å². The summed E-state index contributed by atoms with van der Waals surface area (Å²) in [6, 6.07) is 0. The minimum Gasteiger partial charge on any atom is -0.380 e. The van der Waals surface area contributed by atoms with Crippen LogP contribution in [0, 0.1) is 0 Å². The highest BCUT2D eigenvalue weighted by molar-refractivity contribution is 5.53. The summed E-state index contributed by atoms with van der Waals surface area (Å²) < 4.78 is 5.15. The molecule has 3 heteroatoms. The summed E-state index contributed by atoms with van der Waals surface area (Å²) in [6.45, 7) is 4.47. The highest BCUT2D eigenvalue weighted by Gasteiger charge is 1.88. The van der Waals surface area contributed by atoms with E-state index in [1.165, 1.54) is 0 Å². The van der Waals surface area contributed by atoms with Gasteiger partial charge in [0.1, 0.15) is 0 Å². The Morgan fingerprint density at radius 2 is 2.30 bits per heavy atom. The summed E-state index contributed by atoms with van der Waals surface area (Å²) in [5.74, 6) is 0. The van der Waals surface area contributed by atoms with Crippen molar-refractivity contribution in [2.24, 2.45) is 4.99 Å². The van der Waals surface area contributed by atoms with Gasteiger partial charge in [0.25, 0.3) is 0 Å². The summed E-state index contributed by atoms with van der Waals surface area (Å²) in [4.78, 5) is 5.86. The third-order valence-corrected chi connectivity index (χ3v) is 1.11. The molecule has 0 aromatic rings. The minimum absolute atomic E-state index is 0.777. The molecule has 0 saturated heterocycles. The van der Waals surface area contributed by atoms with Crippen LogP contribution in [0.5, 0.6) is 0 Å². The summed E-state index contributed by atoms with van der Waals surface area (Å²) in [5, 5.41) is 0. The molecule has 0 rings (SSSR count). The van der Waals surface area contributed by atoms with Gasteiger partial charge in [0, 0.05) is 27.2 Å². The number of hydrogen-bond donors (Lipinski definition) is 0. The Hall–Kier alpha value is -0.570. The van der Waals surface area contributed by atoms with Crippen LogP contribution >= 0.6 is 0 Å². The van der Waals surface area contributed by atoms with E-state index in [0.717, 1.165) is 19.8 Å². The van der Waals surface area contributed by atoms with Crippen LogP contribution in [0.15, 0.2) is 4.99 Å². The van der Waals surface area contributed by atoms with Crippen LogP contribution in [0.2, 0.25) is 0 Å². The average molecular weight is 144 g/mol. The van der Waals surface area contributed by atoms with E-state index in [2.05, 4.69) is 4.99 Å². The van der Waals surface area contributed by atoms with E-state index >= 15 is 0 Å². The van der Waals surface area contributed by atoms with Gasteiger partial charge in [0.2, 0.25) is 0 Å². The second-order valence-corrected chi connectivity index (χ2v) is 2.05. The number of ether oxygens (including phenoxy) is 1. The van der Waals surface area contributed by atoms with E-state index in [1.807, 2.05) is 18.9 Å². The van der Waals surface area contributed by atoms with E-state index in [9.17, 15) is 0 Å². The van der Waals surface area contributed by atoms with Crippen molar-refractivity contribution < 1.29 is 4.74 Å². The van der Waals surface area contributed by atoms with Crippen molar-refractivity contribution >= 4 is 6.34 Å². The quantitative estimate of drug-likeness (QED) is 0.321. The molecule has 60 valence electrons. The van der Waals surface area contributed by atoms with Crippen molar-refractivity contribution in [3.63, 3.8) is 0 Å². The molecule has 0 saturated carbocycles. The van der Waals surface area contributed by atoms with Gasteiger partial charge in [0.05, 0.1) is 12.9 Å². The Labute approximate surface area is 62.7 Å². The zero-order chi connectivity index (χ0) is 7.82. The molecule has 0 bridgehead atoms. The molecule has 10 heavy (non-hydrogen) atoms. The first-order chi connectivity index (χ1) is 4.81. The fraction of sp³-hybridized carbons (Fsp3) is 0.857. The first kappa shape index (κ1) is 9.43. The molecular formula is C7H16N2O. The normalized spacial score (nSPS) is 10.7. The molecule has 0 spiro atoms. The predicted octanol–water partition coefficient (Wildman–Crippen LogP) is 0.613. The molecule has 0 radical (unpaired) electrons. The summed E-state index contributed by atoms with van der Waals surface area (Å²) in [7, 11) is 3.74. The topological polar surface area (TPSA) is 24.8 Å². The van der Waals surface area contributed by atoms with Gasteiger partial charge in [-0.1, -0.05) is 0 Å². The molecule has 0 atom stereocenters. The molecule has 0 heterocycles. The molecule has 0 aliphatic heterocycles. The lowest BCUT2D eigenvalue weighted by Gasteiger charge is -2.11. The van der Waals surface area contributed by atoms with Crippen LogP contribution in [0.3, 0.4) is 0 Å². The zero-order valence-electron chi connectivity index (χ0n) is 7.00. The van der Waals surface area contributed by atoms with Crippen LogP contribution in [0.4, 0.5) is 0 Å². The lowest BCUT2D eigenvalue weighted by Crippen LogP contribution is -2.21. The highest BCUT2D eigenvalue weighted by Crippen LogP contribution is 1.78. The molecule has 0 fully saturated rings. The Bertz CT molecular complexity index is 93.6. The molecule has 0 N–H and O–H groups in total. The van der Waals surface area contributed by atoms with Gasteiger partial charge in [-0.25, -0.2) is 0 Å². The Morgan fingerprint density at radius 3 is 2.80 bits per heavy atom. The van der Waals surface area contributed by atoms with Crippen molar-refractivity contribution in [1.29, 1.82) is 0 Å². The predicted molar refractivity (Wildman–Crippen MR) is 43.5 cm³/mol. The van der Waals surface area contributed by atoms with E-state index in [4.69, 9.17) is 4.74 Å². The van der Waals surface area contributed by atoms with Gasteiger partial charge in [-0.05, 0) is 6.92 Å². The maximum absolute atomic E-state index is 5.15. The number of likely N-dealkylation sites (N-methyl/N-ethyl adjacent to an activating group) is 1. The number of hydrogen-bond acceptors (Lipinski definition) is 2. The smallest absolute Gasteiger partial charge is 0.0844 e. The molecule has 0 aromatic carbocycles. The molecule has 0 aliphatic rings. The third kappa shape index (κ3) is 5.56. The van der Waals surface area contributed by atoms with Crippen molar-refractivity contribution in [2.45, 2.75) is 6.92 Å². The summed E-state index contributed by atoms with van der Waals surface area (Å²) in [6.07, 6.45) is 1.79. The number of aliphatic imine (C=N–C) groups is 1. The number of nitrogens with zero attached hydrogens (tertiary/aromatic N) is 2. The molecule has 0 aromatic heterocycles. The maximum Gasteiger partial charge on any atom is 0.0844 e. The second-order valence-electron chi connectivity index (χ2n) is 2.05. The maximum atomic E-state index is 5.15. The van der Waals surface area contributed by atoms with Crippen molar-refractivity contribution in [3.8, 4) is 0 Å². The molecular weight excluding hydrogens is 128 g/mol. The monoisotopic (exact) mass is 144 g/mol. The zero-order valence-corrected chi connectivity index (χ0v) is 7.00. The van der Waals surface area contributed by atoms with Crippen molar-refractivity contribution in [1.82, 2.24) is 4.90 Å². The van der Waals surface area contributed by atoms with Gasteiger partial charge in [0.15, 0.2) is 0 Å². The SMILES string of the molecule is CCOCCN(C)/C=N/C. The summed E-state index contributed by atoms with van der Waals surface area (Å²) in [5.41, 5.74) is 0. The van der Waals surface area contributed by atoms with Crippen LogP contribution in [0.25, 0.3) is 0 Å². The average Bonchev–Trinajstić information content (AvgIpc) is 1.89. The lowest BCUT2D eigenvalue weighted by atomic mass is 10.6. The van der Waals surface area contributed by atoms with Gasteiger partial charge in [-0.3, -0.25) is 4.99 Å². The molecule has 3 nitrogen and oxygen atoms in total. The van der Waals surface area contributed by atoms with Gasteiger partial charge in [-0.2, -0.15) is 0 Å². The van der Waals surface area contributed by atoms with Gasteiger partial charge < -0.3 is 9.64 Å². The van der Waals surface area contributed by atoms with E-state index in [0.29, 0.717) is 0 Å². The first-order valence-electron chi connectivity index (χ1n) is 3.51. The first-order valence-corrected chi connectivity index (χ1v) is 3.51. The largest absolute Gasteiger partial charge is 0.380 e. The minimum atomic E-state index is 0.777. The van der Waals surface area contributed by atoms with E-state index < -0.39 is 0 Å². The highest BCUT2D eigenvalue weighted by atomic mass is 16.5. The van der Waals surface area contributed by atoms with Crippen molar-refractivity contribution in [2.75, 3.05) is 33.9 Å². The third-order valence-electron chi connectivity index (χ3n) is 1.11. The Morgan fingerprint density at radius 1 is 1.60 bits per heavy atom. The van der Waals surface area contributed by atoms with Crippen molar-refractivity contribution in [3.05, 3.63) is 0 Å². The van der Waals surface area contributed by atoms with Crippen LogP contribution in [-0.2, 0) is 4.74 Å². The fourth-order valence-corrected chi connectivity index (χ4v) is 0.608. The van der Waals surface area contributed by atoms with E-state index in [1.54, 1.807) is 13.4 Å².